The Morgan fingerprint density at radius 1 is 1.06 bits per heavy atom. The monoisotopic (exact) mass is 287 g/mol. The third kappa shape index (κ3) is 6.70. The molecule has 0 saturated carbocycles. The highest BCUT2D eigenvalue weighted by atomic mass is 31.2. The third-order valence-corrected chi connectivity index (χ3v) is 5.96. The number of unbranched alkanes of at least 4 members (excludes halogenated alkanes) is 1. The van der Waals surface area contributed by atoms with E-state index in [1.54, 1.807) is 0 Å². The summed E-state index contributed by atoms with van der Waals surface area (Å²) in [5, 5.41) is -0.923. The van der Waals surface area contributed by atoms with Gasteiger partial charge >= 0.3 is 15.2 Å². The first kappa shape index (κ1) is 17.3. The van der Waals surface area contributed by atoms with Gasteiger partial charge in [0.1, 0.15) is 0 Å². The maximum absolute atomic E-state index is 11.1. The number of hydrogen-bond donors (Lipinski definition) is 4. The van der Waals surface area contributed by atoms with Gasteiger partial charge in [-0.05, 0) is 12.3 Å². The van der Waals surface area contributed by atoms with Crippen molar-refractivity contribution < 1.29 is 28.7 Å². The van der Waals surface area contributed by atoms with Crippen molar-refractivity contribution in [2.24, 2.45) is 5.92 Å². The molecule has 0 aliphatic rings. The van der Waals surface area contributed by atoms with Crippen LogP contribution >= 0.6 is 15.2 Å². The highest BCUT2D eigenvalue weighted by Gasteiger charge is 2.45. The standard InChI is InChI=1S/C9H21O6P2/c1-3-5-6-8(4-2)7-9(16(10,11)12)17(13,14)15/h8H,3-7H2,1-2H3,(H2,10,11,12)(H2,13,14,15). The first-order valence-corrected chi connectivity index (χ1v) is 8.83. The van der Waals surface area contributed by atoms with Crippen molar-refractivity contribution in [3.05, 3.63) is 5.40 Å². The van der Waals surface area contributed by atoms with Gasteiger partial charge in [-0.2, -0.15) is 0 Å². The Morgan fingerprint density at radius 3 is 1.82 bits per heavy atom. The predicted molar refractivity (Wildman–Crippen MR) is 65.3 cm³/mol. The van der Waals surface area contributed by atoms with Crippen LogP contribution in [0.15, 0.2) is 0 Å². The zero-order valence-corrected chi connectivity index (χ0v) is 11.9. The van der Waals surface area contributed by atoms with Crippen LogP contribution in [0.1, 0.15) is 46.0 Å². The van der Waals surface area contributed by atoms with E-state index in [1.807, 2.05) is 13.8 Å². The highest BCUT2D eigenvalue weighted by Crippen LogP contribution is 2.68. The van der Waals surface area contributed by atoms with E-state index in [0.29, 0.717) is 6.42 Å². The molecule has 0 bridgehead atoms. The summed E-state index contributed by atoms with van der Waals surface area (Å²) in [5.74, 6) is -0.0924. The van der Waals surface area contributed by atoms with Crippen LogP contribution < -0.4 is 0 Å². The molecule has 0 amide bonds. The molecule has 0 aromatic heterocycles. The van der Waals surface area contributed by atoms with Crippen molar-refractivity contribution in [3.8, 4) is 0 Å². The quantitative estimate of drug-likeness (QED) is 0.510. The second-order valence-corrected chi connectivity index (χ2v) is 7.73. The fourth-order valence-electron chi connectivity index (χ4n) is 1.61. The van der Waals surface area contributed by atoms with Crippen molar-refractivity contribution in [2.75, 3.05) is 0 Å². The van der Waals surface area contributed by atoms with Gasteiger partial charge in [-0.25, -0.2) is 0 Å². The Hall–Kier alpha value is 0.300. The van der Waals surface area contributed by atoms with E-state index >= 15 is 0 Å². The highest BCUT2D eigenvalue weighted by molar-refractivity contribution is 7.75. The summed E-state index contributed by atoms with van der Waals surface area (Å²) in [6.07, 6.45) is 2.98. The van der Waals surface area contributed by atoms with Gasteiger partial charge in [-0.1, -0.05) is 39.5 Å². The van der Waals surface area contributed by atoms with Crippen LogP contribution in [0.4, 0.5) is 0 Å². The summed E-state index contributed by atoms with van der Waals surface area (Å²) in [7, 11) is -9.69. The smallest absolute Gasteiger partial charge is 0.324 e. The zero-order chi connectivity index (χ0) is 13.7. The van der Waals surface area contributed by atoms with Crippen LogP contribution in [-0.4, -0.2) is 19.6 Å². The molecule has 6 nitrogen and oxygen atoms in total. The minimum atomic E-state index is -4.84. The lowest BCUT2D eigenvalue weighted by atomic mass is 9.97. The SMILES string of the molecule is CCCCC(CC)C[C](P(=O)(O)O)P(=O)(O)O. The average Bonchev–Trinajstić information content (AvgIpc) is 2.14. The molecule has 1 radical (unpaired) electrons. The molecule has 0 aliphatic carbocycles. The van der Waals surface area contributed by atoms with Crippen LogP contribution in [0, 0.1) is 11.3 Å². The lowest BCUT2D eigenvalue weighted by Crippen LogP contribution is -2.08. The summed E-state index contributed by atoms with van der Waals surface area (Å²) in [5.41, 5.74) is 0. The minimum Gasteiger partial charge on any atom is -0.324 e. The first-order chi connectivity index (χ1) is 7.62. The largest absolute Gasteiger partial charge is 0.345 e. The van der Waals surface area contributed by atoms with Gasteiger partial charge in [0.2, 0.25) is 5.40 Å². The fourth-order valence-corrected chi connectivity index (χ4v) is 3.96. The Bertz CT molecular complexity index is 285. The molecule has 0 aliphatic heterocycles. The molecule has 0 fully saturated rings. The molecule has 1 unspecified atom stereocenters. The molecule has 0 spiro atoms. The summed E-state index contributed by atoms with van der Waals surface area (Å²) < 4.78 is 22.1. The molecule has 0 rings (SSSR count). The lowest BCUT2D eigenvalue weighted by Gasteiger charge is -2.23. The van der Waals surface area contributed by atoms with E-state index in [2.05, 4.69) is 0 Å². The van der Waals surface area contributed by atoms with E-state index in [9.17, 15) is 9.13 Å². The maximum atomic E-state index is 11.1. The van der Waals surface area contributed by atoms with Crippen LogP contribution in [0.3, 0.4) is 0 Å². The van der Waals surface area contributed by atoms with Crippen LogP contribution in [0.25, 0.3) is 0 Å². The maximum Gasteiger partial charge on any atom is 0.345 e. The van der Waals surface area contributed by atoms with Crippen molar-refractivity contribution in [1.82, 2.24) is 0 Å². The molecule has 0 aromatic rings. The van der Waals surface area contributed by atoms with Gasteiger partial charge in [0.15, 0.2) is 0 Å². The summed E-state index contributed by atoms with van der Waals surface area (Å²) in [6.45, 7) is 3.83. The second-order valence-electron chi connectivity index (χ2n) is 4.12. The minimum absolute atomic E-state index is 0.0924. The topological polar surface area (TPSA) is 115 Å². The van der Waals surface area contributed by atoms with Crippen molar-refractivity contribution in [3.63, 3.8) is 0 Å². The second kappa shape index (κ2) is 7.03. The van der Waals surface area contributed by atoms with E-state index in [0.717, 1.165) is 19.3 Å². The number of hydrogen-bond acceptors (Lipinski definition) is 2. The molecule has 4 N–H and O–H groups in total. The van der Waals surface area contributed by atoms with E-state index in [4.69, 9.17) is 19.6 Å². The average molecular weight is 287 g/mol. The lowest BCUT2D eigenvalue weighted by molar-refractivity contribution is 0.340. The third-order valence-electron chi connectivity index (χ3n) is 2.69. The Labute approximate surface area is 102 Å². The van der Waals surface area contributed by atoms with Gasteiger partial charge in [0, 0.05) is 0 Å². The summed E-state index contributed by atoms with van der Waals surface area (Å²) >= 11 is 0. The number of rotatable bonds is 8. The predicted octanol–water partition coefficient (Wildman–Crippen LogP) is 2.44. The Balaban J connectivity index is 4.75. The molecular formula is C9H21O6P2. The molecule has 17 heavy (non-hydrogen) atoms. The normalized spacial score (nSPS) is 15.2. The van der Waals surface area contributed by atoms with Crippen molar-refractivity contribution in [1.29, 1.82) is 0 Å². The van der Waals surface area contributed by atoms with E-state index in [1.165, 1.54) is 0 Å². The summed E-state index contributed by atoms with van der Waals surface area (Å²) in [6, 6.07) is 0. The van der Waals surface area contributed by atoms with E-state index in [-0.39, 0.29) is 12.3 Å². The van der Waals surface area contributed by atoms with Gasteiger partial charge < -0.3 is 19.6 Å². The van der Waals surface area contributed by atoms with Gasteiger partial charge in [0.25, 0.3) is 0 Å². The molecule has 0 aromatic carbocycles. The van der Waals surface area contributed by atoms with Crippen LogP contribution in [-0.2, 0) is 9.13 Å². The van der Waals surface area contributed by atoms with Crippen LogP contribution in [0.2, 0.25) is 0 Å². The van der Waals surface area contributed by atoms with Gasteiger partial charge in [-0.15, -0.1) is 0 Å². The zero-order valence-electron chi connectivity index (χ0n) is 10.1. The molecule has 1 atom stereocenters. The van der Waals surface area contributed by atoms with Crippen LogP contribution in [0.5, 0.6) is 0 Å². The van der Waals surface area contributed by atoms with Crippen molar-refractivity contribution >= 4 is 15.2 Å². The van der Waals surface area contributed by atoms with Crippen molar-refractivity contribution in [2.45, 2.75) is 46.0 Å². The molecule has 103 valence electrons. The fraction of sp³-hybridized carbons (Fsp3) is 0.889. The first-order valence-electron chi connectivity index (χ1n) is 5.60. The molecule has 0 heterocycles. The molecule has 8 heteroatoms. The van der Waals surface area contributed by atoms with Gasteiger partial charge in [0.05, 0.1) is 0 Å². The summed E-state index contributed by atoms with van der Waals surface area (Å²) in [4.78, 5) is 35.9. The Morgan fingerprint density at radius 2 is 1.53 bits per heavy atom. The molecular weight excluding hydrogens is 266 g/mol. The van der Waals surface area contributed by atoms with E-state index < -0.39 is 20.6 Å². The Kier molecular flexibility index (Phi) is 7.15. The van der Waals surface area contributed by atoms with Gasteiger partial charge in [-0.3, -0.25) is 9.13 Å². The molecule has 0 saturated heterocycles.